The number of nitrogens with zero attached hydrogens (tertiary/aromatic N) is 4. The number of nitrogens with one attached hydrogen (secondary N) is 1. The Hall–Kier alpha value is -3.00. The summed E-state index contributed by atoms with van der Waals surface area (Å²) in [5.74, 6) is 0.986. The van der Waals surface area contributed by atoms with Gasteiger partial charge in [0.05, 0.1) is 17.2 Å². The maximum Gasteiger partial charge on any atom is 0.274 e. The number of nitro groups is 1. The van der Waals surface area contributed by atoms with Gasteiger partial charge in [-0.2, -0.15) is 0 Å². The minimum Gasteiger partial charge on any atom is -0.415 e. The van der Waals surface area contributed by atoms with Gasteiger partial charge < -0.3 is 13.9 Å². The zero-order valence-electron chi connectivity index (χ0n) is 15.3. The summed E-state index contributed by atoms with van der Waals surface area (Å²) in [7, 11) is 2.08. The predicted molar refractivity (Wildman–Crippen MR) is 98.0 cm³/mol. The first-order valence-electron chi connectivity index (χ1n) is 9.09. The quantitative estimate of drug-likeness (QED) is 0.552. The lowest BCUT2D eigenvalue weighted by atomic mass is 10.1. The Kier molecular flexibility index (Phi) is 4.49. The Morgan fingerprint density at radius 2 is 2.07 bits per heavy atom. The number of non-ortho nitro benzene ring substituents is 1. The summed E-state index contributed by atoms with van der Waals surface area (Å²) in [5, 5.41) is 19.2. The molecule has 0 spiro atoms. The Bertz CT molecular complexity index is 946. The molecule has 0 bridgehead atoms. The number of nitro benzene ring substituents is 1. The van der Waals surface area contributed by atoms with Crippen molar-refractivity contribution in [3.63, 3.8) is 0 Å². The van der Waals surface area contributed by atoms with Crippen molar-refractivity contribution in [2.24, 2.45) is 7.05 Å². The molecule has 1 unspecified atom stereocenters. The zero-order valence-corrected chi connectivity index (χ0v) is 15.3. The average Bonchev–Trinajstić information content (AvgIpc) is 3.41. The molecule has 1 aromatic carbocycles. The van der Waals surface area contributed by atoms with Gasteiger partial charge in [0.15, 0.2) is 6.04 Å². The molecule has 1 aliphatic rings. The molecule has 0 saturated carbocycles. The predicted octanol–water partition coefficient (Wildman–Crippen LogP) is 2.46. The lowest BCUT2D eigenvalue weighted by molar-refractivity contribution is -0.949. The van der Waals surface area contributed by atoms with Gasteiger partial charge in [0.1, 0.15) is 6.04 Å². The van der Waals surface area contributed by atoms with Gasteiger partial charge in [-0.25, -0.2) is 0 Å². The fraction of sp³-hybridized carbons (Fsp3) is 0.368. The van der Waals surface area contributed by atoms with E-state index in [9.17, 15) is 10.1 Å². The number of aromatic nitrogens is 3. The van der Waals surface area contributed by atoms with Crippen LogP contribution >= 0.6 is 0 Å². The van der Waals surface area contributed by atoms with E-state index >= 15 is 0 Å². The smallest absolute Gasteiger partial charge is 0.274 e. The van der Waals surface area contributed by atoms with E-state index in [1.807, 2.05) is 0 Å². The van der Waals surface area contributed by atoms with E-state index in [1.165, 1.54) is 29.1 Å². The van der Waals surface area contributed by atoms with Gasteiger partial charge in [-0.15, -0.1) is 10.2 Å². The Morgan fingerprint density at radius 1 is 1.30 bits per heavy atom. The van der Waals surface area contributed by atoms with Crippen molar-refractivity contribution in [1.29, 1.82) is 0 Å². The molecule has 3 atom stereocenters. The van der Waals surface area contributed by atoms with Gasteiger partial charge in [-0.1, -0.05) is 0 Å². The highest BCUT2D eigenvalue weighted by Crippen LogP contribution is 2.25. The van der Waals surface area contributed by atoms with Gasteiger partial charge in [0.2, 0.25) is 5.89 Å². The molecule has 0 aliphatic carbocycles. The second-order valence-electron chi connectivity index (χ2n) is 7.03. The van der Waals surface area contributed by atoms with Crippen LogP contribution in [0.25, 0.3) is 11.5 Å². The van der Waals surface area contributed by atoms with Crippen LogP contribution in [0.1, 0.15) is 43.4 Å². The third-order valence-corrected chi connectivity index (χ3v) is 5.44. The molecule has 8 heteroatoms. The molecule has 0 radical (unpaired) electrons. The molecule has 1 saturated heterocycles. The van der Waals surface area contributed by atoms with Gasteiger partial charge in [-0.05, 0) is 31.2 Å². The van der Waals surface area contributed by atoms with E-state index < -0.39 is 4.92 Å². The van der Waals surface area contributed by atoms with E-state index in [2.05, 4.69) is 47.1 Å². The van der Waals surface area contributed by atoms with E-state index in [0.29, 0.717) is 23.4 Å². The zero-order chi connectivity index (χ0) is 19.0. The maximum absolute atomic E-state index is 10.8. The monoisotopic (exact) mass is 368 g/mol. The second-order valence-corrected chi connectivity index (χ2v) is 7.03. The fourth-order valence-corrected chi connectivity index (χ4v) is 3.97. The molecule has 1 aliphatic heterocycles. The van der Waals surface area contributed by atoms with Crippen molar-refractivity contribution >= 4 is 5.69 Å². The Morgan fingerprint density at radius 3 is 2.74 bits per heavy atom. The Labute approximate surface area is 156 Å². The van der Waals surface area contributed by atoms with Crippen LogP contribution in [0, 0.1) is 10.1 Å². The largest absolute Gasteiger partial charge is 0.415 e. The third-order valence-electron chi connectivity index (χ3n) is 5.44. The SMILES string of the molecule is C[C@H](c1nnc(-c2ccc([N+](=O)[O-])cc2)o1)[NH+]1CCC[C@@H]1c1cccn1C. The van der Waals surface area contributed by atoms with Crippen molar-refractivity contribution in [2.45, 2.75) is 31.8 Å². The molecule has 0 amide bonds. The van der Waals surface area contributed by atoms with E-state index in [4.69, 9.17) is 4.42 Å². The van der Waals surface area contributed by atoms with Crippen molar-refractivity contribution in [2.75, 3.05) is 6.54 Å². The van der Waals surface area contributed by atoms with Gasteiger partial charge in [-0.3, -0.25) is 10.1 Å². The van der Waals surface area contributed by atoms with Gasteiger partial charge in [0, 0.05) is 43.8 Å². The lowest BCUT2D eigenvalue weighted by Crippen LogP contribution is -3.10. The highest BCUT2D eigenvalue weighted by molar-refractivity contribution is 5.55. The number of benzene rings is 1. The first kappa shape index (κ1) is 17.4. The molecule has 3 heterocycles. The summed E-state index contributed by atoms with van der Waals surface area (Å²) in [6.07, 6.45) is 4.38. The van der Waals surface area contributed by atoms with Crippen molar-refractivity contribution in [1.82, 2.24) is 14.8 Å². The molecule has 2 aromatic heterocycles. The standard InChI is InChI=1S/C19H21N5O3/c1-13(23-12-4-6-17(23)16-5-3-11-22(16)2)18-20-21-19(27-18)14-7-9-15(10-8-14)24(25)26/h3,5,7-11,13,17H,4,6,12H2,1-2H3/p+1/t13-,17-/m1/s1. The molecular weight excluding hydrogens is 346 g/mol. The van der Waals surface area contributed by atoms with Crippen LogP contribution in [-0.2, 0) is 7.05 Å². The van der Waals surface area contributed by atoms with Crippen LogP contribution in [-0.4, -0.2) is 26.2 Å². The number of aryl methyl sites for hydroxylation is 1. The van der Waals surface area contributed by atoms with E-state index in [1.54, 1.807) is 12.1 Å². The minimum absolute atomic E-state index is 0.0405. The summed E-state index contributed by atoms with van der Waals surface area (Å²) >= 11 is 0. The van der Waals surface area contributed by atoms with Crippen molar-refractivity contribution in [3.05, 3.63) is 64.3 Å². The first-order valence-corrected chi connectivity index (χ1v) is 9.09. The molecule has 4 rings (SSSR count). The first-order chi connectivity index (χ1) is 13.0. The Balaban J connectivity index is 1.55. The van der Waals surface area contributed by atoms with Crippen LogP contribution in [0.5, 0.6) is 0 Å². The van der Waals surface area contributed by atoms with Crippen LogP contribution in [0.15, 0.2) is 47.0 Å². The normalized spacial score (nSPS) is 20.7. The summed E-state index contributed by atoms with van der Waals surface area (Å²) in [4.78, 5) is 11.8. The molecule has 3 aromatic rings. The summed E-state index contributed by atoms with van der Waals surface area (Å²) < 4.78 is 8.10. The highest BCUT2D eigenvalue weighted by Gasteiger charge is 2.38. The van der Waals surface area contributed by atoms with Gasteiger partial charge in [0.25, 0.3) is 11.6 Å². The number of hydrogen-bond acceptors (Lipinski definition) is 5. The fourth-order valence-electron chi connectivity index (χ4n) is 3.97. The van der Waals surface area contributed by atoms with Crippen LogP contribution in [0.4, 0.5) is 5.69 Å². The van der Waals surface area contributed by atoms with Crippen molar-refractivity contribution < 1.29 is 14.2 Å². The minimum atomic E-state index is -0.425. The van der Waals surface area contributed by atoms with E-state index in [0.717, 1.165) is 13.0 Å². The summed E-state index contributed by atoms with van der Waals surface area (Å²) in [6, 6.07) is 10.9. The average molecular weight is 368 g/mol. The van der Waals surface area contributed by atoms with E-state index in [-0.39, 0.29) is 11.7 Å². The van der Waals surface area contributed by atoms with Gasteiger partial charge >= 0.3 is 0 Å². The maximum atomic E-state index is 10.8. The third kappa shape index (κ3) is 3.23. The van der Waals surface area contributed by atoms with Crippen molar-refractivity contribution in [3.8, 4) is 11.5 Å². The molecule has 1 fully saturated rings. The highest BCUT2D eigenvalue weighted by atomic mass is 16.6. The summed E-state index contributed by atoms with van der Waals surface area (Å²) in [6.45, 7) is 3.18. The lowest BCUT2D eigenvalue weighted by Gasteiger charge is -2.25. The summed E-state index contributed by atoms with van der Waals surface area (Å²) in [5.41, 5.74) is 2.05. The molecule has 140 valence electrons. The number of hydrogen-bond donors (Lipinski definition) is 1. The topological polar surface area (TPSA) is 91.4 Å². The van der Waals surface area contributed by atoms with Crippen LogP contribution in [0.2, 0.25) is 0 Å². The number of rotatable bonds is 5. The molecular formula is C19H22N5O3+. The number of quaternary nitrogens is 1. The molecule has 27 heavy (non-hydrogen) atoms. The molecule has 1 N–H and O–H groups in total. The molecule has 8 nitrogen and oxygen atoms in total. The van der Waals surface area contributed by atoms with Crippen LogP contribution in [0.3, 0.4) is 0 Å². The van der Waals surface area contributed by atoms with Crippen LogP contribution < -0.4 is 4.90 Å². The second kappa shape index (κ2) is 6.96. The number of likely N-dealkylation sites (tertiary alicyclic amines) is 1.